The van der Waals surface area contributed by atoms with Crippen molar-refractivity contribution in [2.45, 2.75) is 58.0 Å². The van der Waals surface area contributed by atoms with Gasteiger partial charge < -0.3 is 19.3 Å². The van der Waals surface area contributed by atoms with Crippen molar-refractivity contribution in [2.75, 3.05) is 13.2 Å². The topological polar surface area (TPSA) is 119 Å². The molecule has 0 saturated heterocycles. The molecule has 0 heterocycles. The Labute approximate surface area is 189 Å². The highest BCUT2D eigenvalue weighted by molar-refractivity contribution is 7.46. The first kappa shape index (κ1) is 28.8. The number of esters is 2. The summed E-state index contributed by atoms with van der Waals surface area (Å²) in [5.74, 6) is 18.7. The summed E-state index contributed by atoms with van der Waals surface area (Å²) in [5.41, 5.74) is 0. The second-order valence-corrected chi connectivity index (χ2v) is 7.40. The lowest BCUT2D eigenvalue weighted by molar-refractivity contribution is -0.158. The molecule has 0 saturated carbocycles. The number of phosphoric acid groups is 1. The van der Waals surface area contributed by atoms with E-state index in [-0.39, 0.29) is 6.42 Å². The SMILES string of the molecule is C#CC#CC#CC#CC#CC(=O)OC[C@@H](COP(=O)(O)O)OC(=O)CCCCCCCC. The first-order chi connectivity index (χ1) is 15.3. The van der Waals surface area contributed by atoms with Crippen LogP contribution in [-0.4, -0.2) is 41.0 Å². The lowest BCUT2D eigenvalue weighted by atomic mass is 10.1. The summed E-state index contributed by atoms with van der Waals surface area (Å²) >= 11 is 0. The lowest BCUT2D eigenvalue weighted by Gasteiger charge is -2.17. The van der Waals surface area contributed by atoms with E-state index in [2.05, 4.69) is 64.7 Å². The molecular formula is C23H25O8P. The number of carbonyl (C=O) groups is 2. The van der Waals surface area contributed by atoms with Crippen LogP contribution >= 0.6 is 7.82 Å². The van der Waals surface area contributed by atoms with Crippen LogP contribution in [0.4, 0.5) is 0 Å². The first-order valence-corrected chi connectivity index (χ1v) is 11.3. The third-order valence-corrected chi connectivity index (χ3v) is 3.96. The van der Waals surface area contributed by atoms with Gasteiger partial charge in [-0.25, -0.2) is 9.36 Å². The highest BCUT2D eigenvalue weighted by Gasteiger charge is 2.22. The zero-order valence-electron chi connectivity index (χ0n) is 17.8. The number of rotatable bonds is 13. The number of ether oxygens (including phenoxy) is 2. The number of hydrogen-bond acceptors (Lipinski definition) is 6. The van der Waals surface area contributed by atoms with Gasteiger partial charge in [0.15, 0.2) is 6.10 Å². The third-order valence-electron chi connectivity index (χ3n) is 3.47. The molecule has 0 aromatic carbocycles. The minimum atomic E-state index is -4.79. The number of unbranched alkanes of at least 4 members (excludes halogenated alkanes) is 5. The van der Waals surface area contributed by atoms with E-state index >= 15 is 0 Å². The van der Waals surface area contributed by atoms with Gasteiger partial charge in [0.05, 0.1) is 6.61 Å². The van der Waals surface area contributed by atoms with Crippen molar-refractivity contribution in [3.05, 3.63) is 0 Å². The van der Waals surface area contributed by atoms with Crippen LogP contribution < -0.4 is 0 Å². The molecule has 8 nitrogen and oxygen atoms in total. The van der Waals surface area contributed by atoms with Crippen molar-refractivity contribution in [3.8, 4) is 59.7 Å². The fraction of sp³-hybridized carbons (Fsp3) is 0.478. The molecule has 2 N–H and O–H groups in total. The van der Waals surface area contributed by atoms with Crippen LogP contribution in [-0.2, 0) is 28.2 Å². The maximum absolute atomic E-state index is 12.0. The largest absolute Gasteiger partial charge is 0.469 e. The minimum Gasteiger partial charge on any atom is -0.456 e. The van der Waals surface area contributed by atoms with E-state index in [1.807, 2.05) is 0 Å². The first-order valence-electron chi connectivity index (χ1n) is 9.81. The van der Waals surface area contributed by atoms with Gasteiger partial charge in [-0.3, -0.25) is 9.32 Å². The van der Waals surface area contributed by atoms with Gasteiger partial charge in [0.2, 0.25) is 0 Å². The molecule has 0 aliphatic rings. The van der Waals surface area contributed by atoms with Gasteiger partial charge >= 0.3 is 19.8 Å². The summed E-state index contributed by atoms with van der Waals surface area (Å²) in [6.45, 7) is 0.962. The highest BCUT2D eigenvalue weighted by Crippen LogP contribution is 2.35. The zero-order chi connectivity index (χ0) is 24.1. The Balaban J connectivity index is 4.61. The Morgan fingerprint density at radius 2 is 1.50 bits per heavy atom. The fourth-order valence-corrected chi connectivity index (χ4v) is 2.43. The average molecular weight is 460 g/mol. The van der Waals surface area contributed by atoms with Crippen molar-refractivity contribution in [1.29, 1.82) is 0 Å². The maximum atomic E-state index is 12.0. The van der Waals surface area contributed by atoms with Crippen LogP contribution in [0, 0.1) is 59.7 Å². The molecule has 9 heteroatoms. The van der Waals surface area contributed by atoms with Crippen molar-refractivity contribution in [3.63, 3.8) is 0 Å². The van der Waals surface area contributed by atoms with Gasteiger partial charge in [-0.15, -0.1) is 6.42 Å². The van der Waals surface area contributed by atoms with Crippen LogP contribution in [0.5, 0.6) is 0 Å². The van der Waals surface area contributed by atoms with Gasteiger partial charge in [-0.2, -0.15) is 0 Å². The number of phosphoric ester groups is 1. The van der Waals surface area contributed by atoms with Crippen molar-refractivity contribution < 1.29 is 37.9 Å². The van der Waals surface area contributed by atoms with Crippen molar-refractivity contribution in [2.24, 2.45) is 0 Å². The van der Waals surface area contributed by atoms with Crippen LogP contribution in [0.2, 0.25) is 0 Å². The summed E-state index contributed by atoms with van der Waals surface area (Å²) in [6, 6.07) is 0. The maximum Gasteiger partial charge on any atom is 0.469 e. The molecule has 0 aliphatic heterocycles. The summed E-state index contributed by atoms with van der Waals surface area (Å²) < 4.78 is 25.2. The van der Waals surface area contributed by atoms with E-state index in [0.29, 0.717) is 6.42 Å². The summed E-state index contributed by atoms with van der Waals surface area (Å²) in [5, 5.41) is 0. The number of terminal acetylenes is 1. The highest BCUT2D eigenvalue weighted by atomic mass is 31.2. The van der Waals surface area contributed by atoms with Gasteiger partial charge in [-0.05, 0) is 53.8 Å². The van der Waals surface area contributed by atoms with Crippen molar-refractivity contribution in [1.82, 2.24) is 0 Å². The molecule has 0 unspecified atom stereocenters. The van der Waals surface area contributed by atoms with E-state index in [1.165, 1.54) is 0 Å². The van der Waals surface area contributed by atoms with Crippen LogP contribution in [0.25, 0.3) is 0 Å². The molecule has 0 aromatic heterocycles. The third kappa shape index (κ3) is 20.1. The van der Waals surface area contributed by atoms with E-state index in [9.17, 15) is 14.2 Å². The van der Waals surface area contributed by atoms with Crippen LogP contribution in [0.15, 0.2) is 0 Å². The number of carbonyl (C=O) groups excluding carboxylic acids is 2. The Morgan fingerprint density at radius 1 is 0.906 bits per heavy atom. The standard InChI is InChI=1S/C23H25O8P/c1-3-5-7-9-11-12-14-15-17-22(24)29-19-21(20-30-32(26,27)28)31-23(25)18-16-13-10-8-6-4-2/h1,21H,4,6,8,10,13,16,18-20H2,2H3,(H2,26,27,28)/t21-/m0/s1. The summed E-state index contributed by atoms with van der Waals surface area (Å²) in [4.78, 5) is 41.2. The quantitative estimate of drug-likeness (QED) is 0.141. The van der Waals surface area contributed by atoms with Gasteiger partial charge in [0, 0.05) is 12.3 Å². The molecule has 170 valence electrons. The van der Waals surface area contributed by atoms with E-state index in [1.54, 1.807) is 0 Å². The Kier molecular flexibility index (Phi) is 16.8. The Morgan fingerprint density at radius 3 is 2.12 bits per heavy atom. The van der Waals surface area contributed by atoms with Crippen molar-refractivity contribution >= 4 is 19.8 Å². The minimum absolute atomic E-state index is 0.134. The second-order valence-electron chi connectivity index (χ2n) is 6.16. The molecule has 32 heavy (non-hydrogen) atoms. The molecule has 0 fully saturated rings. The summed E-state index contributed by atoms with van der Waals surface area (Å²) in [6.07, 6.45) is 9.69. The molecule has 0 amide bonds. The smallest absolute Gasteiger partial charge is 0.456 e. The van der Waals surface area contributed by atoms with Crippen LogP contribution in [0.3, 0.4) is 0 Å². The lowest BCUT2D eigenvalue weighted by Crippen LogP contribution is -2.29. The fourth-order valence-electron chi connectivity index (χ4n) is 2.07. The predicted octanol–water partition coefficient (Wildman–Crippen LogP) is 1.95. The average Bonchev–Trinajstić information content (AvgIpc) is 2.73. The van der Waals surface area contributed by atoms with Gasteiger partial charge in [0.1, 0.15) is 6.61 Å². The molecule has 0 bridgehead atoms. The Bertz CT molecular complexity index is 941. The molecule has 0 radical (unpaired) electrons. The Hall–Kier alpha value is -3.15. The van der Waals surface area contributed by atoms with E-state index in [4.69, 9.17) is 25.7 Å². The summed E-state index contributed by atoms with van der Waals surface area (Å²) in [7, 11) is -4.79. The molecule has 0 spiro atoms. The molecule has 0 aliphatic carbocycles. The van der Waals surface area contributed by atoms with Gasteiger partial charge in [-0.1, -0.05) is 39.0 Å². The molecule has 0 aromatic rings. The second kappa shape index (κ2) is 18.6. The monoisotopic (exact) mass is 460 g/mol. The van der Waals surface area contributed by atoms with Gasteiger partial charge in [0.25, 0.3) is 0 Å². The zero-order valence-corrected chi connectivity index (χ0v) is 18.7. The molecule has 1 atom stereocenters. The van der Waals surface area contributed by atoms with E-state index in [0.717, 1.165) is 32.1 Å². The normalized spacial score (nSPS) is 10.2. The molecule has 0 rings (SSSR count). The number of hydrogen-bond donors (Lipinski definition) is 2. The van der Waals surface area contributed by atoms with E-state index < -0.39 is 39.1 Å². The molecular weight excluding hydrogens is 435 g/mol. The van der Waals surface area contributed by atoms with Crippen LogP contribution in [0.1, 0.15) is 51.9 Å². The predicted molar refractivity (Wildman–Crippen MR) is 117 cm³/mol.